The number of nitrogens with one attached hydrogen (secondary N) is 1. The van der Waals surface area contributed by atoms with Gasteiger partial charge >= 0.3 is 0 Å². The summed E-state index contributed by atoms with van der Waals surface area (Å²) in [5.41, 5.74) is 6.04. The standard InChI is InChI=1S/C9H17N5O2/c1-7(16-2)4-11-9(15)6-14-5-8(3-10)12-13-14/h5,7H,3-4,6,10H2,1-2H3,(H,11,15). The number of hydrogen-bond donors (Lipinski definition) is 2. The third-order valence-corrected chi connectivity index (χ3v) is 2.09. The Hall–Kier alpha value is -1.47. The van der Waals surface area contributed by atoms with Crippen LogP contribution in [0.15, 0.2) is 6.20 Å². The number of carbonyl (C=O) groups excluding carboxylic acids is 1. The molecule has 1 atom stereocenters. The lowest BCUT2D eigenvalue weighted by atomic mass is 10.4. The molecule has 0 radical (unpaired) electrons. The van der Waals surface area contributed by atoms with E-state index in [1.807, 2.05) is 6.92 Å². The van der Waals surface area contributed by atoms with Crippen molar-refractivity contribution in [2.24, 2.45) is 5.73 Å². The summed E-state index contributed by atoms with van der Waals surface area (Å²) >= 11 is 0. The highest BCUT2D eigenvalue weighted by atomic mass is 16.5. The molecule has 7 nitrogen and oxygen atoms in total. The second kappa shape index (κ2) is 6.19. The number of methoxy groups -OCH3 is 1. The van der Waals surface area contributed by atoms with Crippen LogP contribution in [0.3, 0.4) is 0 Å². The summed E-state index contributed by atoms with van der Waals surface area (Å²) < 4.78 is 6.46. The van der Waals surface area contributed by atoms with E-state index in [9.17, 15) is 4.79 Å². The van der Waals surface area contributed by atoms with Gasteiger partial charge in [-0.3, -0.25) is 4.79 Å². The topological polar surface area (TPSA) is 95.1 Å². The maximum atomic E-state index is 11.4. The van der Waals surface area contributed by atoms with Crippen molar-refractivity contribution in [2.75, 3.05) is 13.7 Å². The number of carbonyl (C=O) groups is 1. The highest BCUT2D eigenvalue weighted by molar-refractivity contribution is 5.75. The zero-order chi connectivity index (χ0) is 12.0. The number of hydrogen-bond acceptors (Lipinski definition) is 5. The van der Waals surface area contributed by atoms with Gasteiger partial charge in [0.15, 0.2) is 0 Å². The minimum Gasteiger partial charge on any atom is -0.380 e. The van der Waals surface area contributed by atoms with Gasteiger partial charge in [0.05, 0.1) is 18.0 Å². The Bertz CT molecular complexity index is 338. The quantitative estimate of drug-likeness (QED) is 0.642. The first-order chi connectivity index (χ1) is 7.65. The number of nitrogens with zero attached hydrogens (tertiary/aromatic N) is 3. The Morgan fingerprint density at radius 1 is 1.75 bits per heavy atom. The molecule has 0 saturated carbocycles. The number of rotatable bonds is 6. The molecule has 0 fully saturated rings. The molecular weight excluding hydrogens is 210 g/mol. The summed E-state index contributed by atoms with van der Waals surface area (Å²) in [7, 11) is 1.60. The molecule has 1 aromatic rings. The van der Waals surface area contributed by atoms with Gasteiger partial charge in [0, 0.05) is 20.2 Å². The summed E-state index contributed by atoms with van der Waals surface area (Å²) in [4.78, 5) is 11.4. The van der Waals surface area contributed by atoms with Gasteiger partial charge < -0.3 is 15.8 Å². The second-order valence-electron chi connectivity index (χ2n) is 3.46. The lowest BCUT2D eigenvalue weighted by Crippen LogP contribution is -2.34. The molecule has 0 aliphatic heterocycles. The van der Waals surface area contributed by atoms with Crippen molar-refractivity contribution >= 4 is 5.91 Å². The Labute approximate surface area is 93.9 Å². The molecule has 16 heavy (non-hydrogen) atoms. The lowest BCUT2D eigenvalue weighted by molar-refractivity contribution is -0.122. The maximum Gasteiger partial charge on any atom is 0.241 e. The highest BCUT2D eigenvalue weighted by Crippen LogP contribution is 1.91. The van der Waals surface area contributed by atoms with E-state index in [0.717, 1.165) is 0 Å². The van der Waals surface area contributed by atoms with Crippen LogP contribution in [0, 0.1) is 0 Å². The summed E-state index contributed by atoms with van der Waals surface area (Å²) in [5, 5.41) is 10.3. The van der Waals surface area contributed by atoms with Crippen LogP contribution in [-0.2, 0) is 22.6 Å². The predicted octanol–water partition coefficient (Wildman–Crippen LogP) is -1.11. The molecule has 0 saturated heterocycles. The van der Waals surface area contributed by atoms with Crippen LogP contribution >= 0.6 is 0 Å². The minimum absolute atomic E-state index is 0.000649. The van der Waals surface area contributed by atoms with Gasteiger partial charge in [0.2, 0.25) is 5.91 Å². The summed E-state index contributed by atoms with van der Waals surface area (Å²) in [5.74, 6) is -0.127. The number of amides is 1. The second-order valence-corrected chi connectivity index (χ2v) is 3.46. The molecule has 1 heterocycles. The number of aromatic nitrogens is 3. The van der Waals surface area contributed by atoms with Crippen LogP contribution in [-0.4, -0.2) is 40.7 Å². The van der Waals surface area contributed by atoms with E-state index in [2.05, 4.69) is 15.6 Å². The van der Waals surface area contributed by atoms with Crippen LogP contribution in [0.5, 0.6) is 0 Å². The van der Waals surface area contributed by atoms with Crippen LogP contribution in [0.25, 0.3) is 0 Å². The van der Waals surface area contributed by atoms with Crippen molar-refractivity contribution in [3.8, 4) is 0 Å². The van der Waals surface area contributed by atoms with Crippen molar-refractivity contribution in [2.45, 2.75) is 26.1 Å². The fourth-order valence-electron chi connectivity index (χ4n) is 1.05. The van der Waals surface area contributed by atoms with Crippen LogP contribution in [0.4, 0.5) is 0 Å². The zero-order valence-electron chi connectivity index (χ0n) is 9.51. The average Bonchev–Trinajstić information content (AvgIpc) is 2.73. The van der Waals surface area contributed by atoms with E-state index in [1.165, 1.54) is 4.68 Å². The van der Waals surface area contributed by atoms with Gasteiger partial charge in [0.1, 0.15) is 6.54 Å². The van der Waals surface area contributed by atoms with Crippen molar-refractivity contribution in [3.63, 3.8) is 0 Å². The SMILES string of the molecule is COC(C)CNC(=O)Cn1cc(CN)nn1. The Balaban J connectivity index is 2.33. The van der Waals surface area contributed by atoms with Gasteiger partial charge in [-0.2, -0.15) is 0 Å². The molecule has 90 valence electrons. The molecule has 0 aliphatic rings. The Kier molecular flexibility index (Phi) is 4.87. The fraction of sp³-hybridized carbons (Fsp3) is 0.667. The molecule has 0 spiro atoms. The fourth-order valence-corrected chi connectivity index (χ4v) is 1.05. The van der Waals surface area contributed by atoms with Crippen molar-refractivity contribution in [3.05, 3.63) is 11.9 Å². The smallest absolute Gasteiger partial charge is 0.241 e. The van der Waals surface area contributed by atoms with E-state index in [4.69, 9.17) is 10.5 Å². The van der Waals surface area contributed by atoms with Gasteiger partial charge in [-0.15, -0.1) is 5.10 Å². The van der Waals surface area contributed by atoms with Gasteiger partial charge in [-0.05, 0) is 6.92 Å². The summed E-state index contributed by atoms with van der Waals surface area (Å²) in [6.07, 6.45) is 1.65. The van der Waals surface area contributed by atoms with Crippen LogP contribution < -0.4 is 11.1 Å². The van der Waals surface area contributed by atoms with Crippen LogP contribution in [0.2, 0.25) is 0 Å². The number of ether oxygens (including phenoxy) is 1. The van der Waals surface area contributed by atoms with Gasteiger partial charge in [-0.1, -0.05) is 5.21 Å². The molecule has 1 rings (SSSR count). The summed E-state index contributed by atoms with van der Waals surface area (Å²) in [6, 6.07) is 0. The largest absolute Gasteiger partial charge is 0.380 e. The predicted molar refractivity (Wildman–Crippen MR) is 57.4 cm³/mol. The Morgan fingerprint density at radius 3 is 3.06 bits per heavy atom. The van der Waals surface area contributed by atoms with E-state index in [-0.39, 0.29) is 18.6 Å². The van der Waals surface area contributed by atoms with Crippen LogP contribution in [0.1, 0.15) is 12.6 Å². The first-order valence-corrected chi connectivity index (χ1v) is 5.04. The molecule has 0 bridgehead atoms. The van der Waals surface area contributed by atoms with E-state index < -0.39 is 0 Å². The molecule has 7 heteroatoms. The first-order valence-electron chi connectivity index (χ1n) is 5.04. The highest BCUT2D eigenvalue weighted by Gasteiger charge is 2.06. The average molecular weight is 227 g/mol. The van der Waals surface area contributed by atoms with Crippen molar-refractivity contribution in [1.29, 1.82) is 0 Å². The molecule has 1 amide bonds. The monoisotopic (exact) mass is 227 g/mol. The molecule has 1 unspecified atom stereocenters. The first kappa shape index (κ1) is 12.6. The zero-order valence-corrected chi connectivity index (χ0v) is 9.51. The summed E-state index contributed by atoms with van der Waals surface area (Å²) in [6.45, 7) is 2.82. The number of nitrogens with two attached hydrogens (primary N) is 1. The molecule has 0 aliphatic carbocycles. The maximum absolute atomic E-state index is 11.4. The lowest BCUT2D eigenvalue weighted by Gasteiger charge is -2.10. The Morgan fingerprint density at radius 2 is 2.50 bits per heavy atom. The molecule has 1 aromatic heterocycles. The van der Waals surface area contributed by atoms with E-state index >= 15 is 0 Å². The van der Waals surface area contributed by atoms with E-state index in [0.29, 0.717) is 18.8 Å². The van der Waals surface area contributed by atoms with Gasteiger partial charge in [-0.25, -0.2) is 4.68 Å². The third-order valence-electron chi connectivity index (χ3n) is 2.09. The van der Waals surface area contributed by atoms with Gasteiger partial charge in [0.25, 0.3) is 0 Å². The van der Waals surface area contributed by atoms with E-state index in [1.54, 1.807) is 13.3 Å². The molecule has 0 aromatic carbocycles. The molecular formula is C9H17N5O2. The molecule has 3 N–H and O–H groups in total. The van der Waals surface area contributed by atoms with Crippen molar-refractivity contribution in [1.82, 2.24) is 20.3 Å². The third kappa shape index (κ3) is 3.95. The minimum atomic E-state index is -0.127. The van der Waals surface area contributed by atoms with Crippen molar-refractivity contribution < 1.29 is 9.53 Å². The normalized spacial score (nSPS) is 12.4.